The molecule has 3 aromatic carbocycles. The predicted molar refractivity (Wildman–Crippen MR) is 103 cm³/mol. The third-order valence-electron chi connectivity index (χ3n) is 4.14. The SMILES string of the molecule is CC=CCOc1ccc2cc(-c3ccc(OC)cc3)ccc2c1OC(F)F. The fraction of sp³-hybridized carbons (Fsp3) is 0.182. The van der Waals surface area contributed by atoms with Crippen LogP contribution in [-0.4, -0.2) is 20.3 Å². The number of ether oxygens (including phenoxy) is 3. The molecule has 0 bridgehead atoms. The van der Waals surface area contributed by atoms with Crippen molar-refractivity contribution in [2.45, 2.75) is 13.5 Å². The Balaban J connectivity index is 2.02. The largest absolute Gasteiger partial charge is 0.497 e. The summed E-state index contributed by atoms with van der Waals surface area (Å²) in [5.41, 5.74) is 1.97. The zero-order chi connectivity index (χ0) is 19.2. The fourth-order valence-corrected chi connectivity index (χ4v) is 2.80. The second-order valence-corrected chi connectivity index (χ2v) is 5.82. The highest BCUT2D eigenvalue weighted by atomic mass is 19.3. The van der Waals surface area contributed by atoms with Gasteiger partial charge in [-0.15, -0.1) is 0 Å². The molecule has 0 atom stereocenters. The quantitative estimate of drug-likeness (QED) is 0.472. The van der Waals surface area contributed by atoms with Gasteiger partial charge in [-0.1, -0.05) is 36.4 Å². The highest BCUT2D eigenvalue weighted by Crippen LogP contribution is 2.38. The zero-order valence-electron chi connectivity index (χ0n) is 15.1. The van der Waals surface area contributed by atoms with E-state index in [9.17, 15) is 8.78 Å². The van der Waals surface area contributed by atoms with Gasteiger partial charge in [0.2, 0.25) is 0 Å². The molecule has 3 rings (SSSR count). The summed E-state index contributed by atoms with van der Waals surface area (Å²) >= 11 is 0. The van der Waals surface area contributed by atoms with Crippen LogP contribution < -0.4 is 14.2 Å². The van der Waals surface area contributed by atoms with Crippen molar-refractivity contribution in [1.82, 2.24) is 0 Å². The highest BCUT2D eigenvalue weighted by Gasteiger charge is 2.15. The molecule has 0 aliphatic carbocycles. The van der Waals surface area contributed by atoms with Crippen molar-refractivity contribution in [3.8, 4) is 28.4 Å². The van der Waals surface area contributed by atoms with Crippen LogP contribution in [-0.2, 0) is 0 Å². The molecule has 5 heteroatoms. The molecule has 0 spiro atoms. The van der Waals surface area contributed by atoms with Crippen molar-refractivity contribution in [1.29, 1.82) is 0 Å². The van der Waals surface area contributed by atoms with Gasteiger partial charge in [0.05, 0.1) is 7.11 Å². The molecule has 0 N–H and O–H groups in total. The average molecular weight is 370 g/mol. The molecule has 140 valence electrons. The van der Waals surface area contributed by atoms with Crippen LogP contribution in [0.3, 0.4) is 0 Å². The van der Waals surface area contributed by atoms with Gasteiger partial charge >= 0.3 is 6.61 Å². The first-order valence-corrected chi connectivity index (χ1v) is 8.52. The van der Waals surface area contributed by atoms with E-state index in [1.54, 1.807) is 25.3 Å². The van der Waals surface area contributed by atoms with Crippen molar-refractivity contribution in [2.24, 2.45) is 0 Å². The topological polar surface area (TPSA) is 27.7 Å². The molecule has 0 fully saturated rings. The number of halogens is 2. The summed E-state index contributed by atoms with van der Waals surface area (Å²) in [7, 11) is 1.62. The summed E-state index contributed by atoms with van der Waals surface area (Å²) in [6.45, 7) is -0.784. The van der Waals surface area contributed by atoms with Crippen LogP contribution in [0.15, 0.2) is 66.7 Å². The molecule has 0 radical (unpaired) electrons. The Bertz CT molecular complexity index is 934. The Morgan fingerprint density at radius 3 is 2.37 bits per heavy atom. The van der Waals surface area contributed by atoms with Crippen LogP contribution in [0.4, 0.5) is 8.78 Å². The number of alkyl halides is 2. The Hall–Kier alpha value is -3.08. The molecule has 0 saturated carbocycles. The van der Waals surface area contributed by atoms with Crippen LogP contribution in [0, 0.1) is 0 Å². The second kappa shape index (κ2) is 8.54. The van der Waals surface area contributed by atoms with E-state index in [1.165, 1.54) is 0 Å². The number of methoxy groups -OCH3 is 1. The van der Waals surface area contributed by atoms with Crippen molar-refractivity contribution in [2.75, 3.05) is 13.7 Å². The summed E-state index contributed by atoms with van der Waals surface area (Å²) in [4.78, 5) is 0. The van der Waals surface area contributed by atoms with E-state index in [0.717, 1.165) is 22.3 Å². The molecule has 0 unspecified atom stereocenters. The second-order valence-electron chi connectivity index (χ2n) is 5.82. The maximum atomic E-state index is 12.9. The normalized spacial score (nSPS) is 11.3. The standard InChI is InChI=1S/C22H20F2O3/c1-3-4-13-26-20-12-8-17-14-16(15-5-9-18(25-2)10-6-15)7-11-19(17)21(20)27-22(23)24/h3-12,14,22H,13H2,1-2H3. The first kappa shape index (κ1) is 18.7. The number of allylic oxidation sites excluding steroid dienone is 1. The molecule has 0 aliphatic rings. The lowest BCUT2D eigenvalue weighted by molar-refractivity contribution is -0.0502. The Morgan fingerprint density at radius 1 is 0.963 bits per heavy atom. The molecular weight excluding hydrogens is 350 g/mol. The summed E-state index contributed by atoms with van der Waals surface area (Å²) in [5, 5.41) is 1.36. The lowest BCUT2D eigenvalue weighted by Crippen LogP contribution is -2.05. The van der Waals surface area contributed by atoms with Gasteiger partial charge in [0.15, 0.2) is 11.5 Å². The van der Waals surface area contributed by atoms with Crippen LogP contribution in [0.5, 0.6) is 17.2 Å². The van der Waals surface area contributed by atoms with Crippen LogP contribution in [0.25, 0.3) is 21.9 Å². The van der Waals surface area contributed by atoms with Crippen molar-refractivity contribution in [3.63, 3.8) is 0 Å². The number of fused-ring (bicyclic) bond motifs is 1. The van der Waals surface area contributed by atoms with Gasteiger partial charge in [-0.2, -0.15) is 8.78 Å². The smallest absolute Gasteiger partial charge is 0.387 e. The number of hydrogen-bond acceptors (Lipinski definition) is 3. The monoisotopic (exact) mass is 370 g/mol. The zero-order valence-corrected chi connectivity index (χ0v) is 15.1. The summed E-state index contributed by atoms with van der Waals surface area (Å²) < 4.78 is 41.4. The maximum absolute atomic E-state index is 12.9. The highest BCUT2D eigenvalue weighted by molar-refractivity contribution is 5.93. The van der Waals surface area contributed by atoms with E-state index >= 15 is 0 Å². The lowest BCUT2D eigenvalue weighted by atomic mass is 10.0. The van der Waals surface area contributed by atoms with Crippen LogP contribution in [0.1, 0.15) is 6.92 Å². The van der Waals surface area contributed by atoms with E-state index < -0.39 is 6.61 Å². The van der Waals surface area contributed by atoms with E-state index in [1.807, 2.05) is 55.5 Å². The van der Waals surface area contributed by atoms with Gasteiger partial charge in [0, 0.05) is 5.39 Å². The summed E-state index contributed by atoms with van der Waals surface area (Å²) in [5.74, 6) is 1.11. The predicted octanol–water partition coefficient (Wildman–Crippen LogP) is 6.07. The average Bonchev–Trinajstić information content (AvgIpc) is 2.69. The Kier molecular flexibility index (Phi) is 5.91. The van der Waals surface area contributed by atoms with E-state index in [0.29, 0.717) is 5.39 Å². The van der Waals surface area contributed by atoms with E-state index in [2.05, 4.69) is 0 Å². The molecule has 3 nitrogen and oxygen atoms in total. The minimum absolute atomic E-state index is 0.0493. The lowest BCUT2D eigenvalue weighted by Gasteiger charge is -2.15. The number of benzene rings is 3. The molecule has 0 aliphatic heterocycles. The number of hydrogen-bond donors (Lipinski definition) is 0. The molecular formula is C22H20F2O3. The van der Waals surface area contributed by atoms with Gasteiger partial charge in [0.25, 0.3) is 0 Å². The molecule has 3 aromatic rings. The van der Waals surface area contributed by atoms with Crippen molar-refractivity contribution < 1.29 is 23.0 Å². The van der Waals surface area contributed by atoms with Gasteiger partial charge in [-0.05, 0) is 53.8 Å². The minimum atomic E-state index is -2.93. The van der Waals surface area contributed by atoms with Crippen LogP contribution >= 0.6 is 0 Å². The summed E-state index contributed by atoms with van der Waals surface area (Å²) in [6.07, 6.45) is 3.62. The van der Waals surface area contributed by atoms with Gasteiger partial charge in [-0.25, -0.2) is 0 Å². The van der Waals surface area contributed by atoms with Crippen LogP contribution in [0.2, 0.25) is 0 Å². The Labute approximate surface area is 156 Å². The molecule has 0 aromatic heterocycles. The molecule has 0 saturated heterocycles. The minimum Gasteiger partial charge on any atom is -0.497 e. The van der Waals surface area contributed by atoms with Gasteiger partial charge < -0.3 is 14.2 Å². The van der Waals surface area contributed by atoms with Gasteiger partial charge in [0.1, 0.15) is 12.4 Å². The first-order chi connectivity index (χ1) is 13.1. The fourth-order valence-electron chi connectivity index (χ4n) is 2.80. The molecule has 0 heterocycles. The molecule has 27 heavy (non-hydrogen) atoms. The summed E-state index contributed by atoms with van der Waals surface area (Å²) in [6, 6.07) is 16.7. The maximum Gasteiger partial charge on any atom is 0.387 e. The third-order valence-corrected chi connectivity index (χ3v) is 4.14. The van der Waals surface area contributed by atoms with Crippen molar-refractivity contribution >= 4 is 10.8 Å². The third kappa shape index (κ3) is 4.37. The Morgan fingerprint density at radius 2 is 1.70 bits per heavy atom. The van der Waals surface area contributed by atoms with Crippen molar-refractivity contribution in [3.05, 3.63) is 66.7 Å². The van der Waals surface area contributed by atoms with E-state index in [4.69, 9.17) is 14.2 Å². The molecule has 0 amide bonds. The number of rotatable bonds is 7. The van der Waals surface area contributed by atoms with Gasteiger partial charge in [-0.3, -0.25) is 0 Å². The first-order valence-electron chi connectivity index (χ1n) is 8.52. The van der Waals surface area contributed by atoms with E-state index in [-0.39, 0.29) is 18.1 Å².